The molecule has 0 bridgehead atoms. The van der Waals surface area contributed by atoms with Crippen molar-refractivity contribution in [2.75, 3.05) is 19.6 Å². The van der Waals surface area contributed by atoms with E-state index in [0.29, 0.717) is 0 Å². The maximum atomic E-state index is 5.20. The minimum atomic E-state index is 0.729. The Labute approximate surface area is 147 Å². The number of rotatable bonds is 7. The molecule has 7 heteroatoms. The van der Waals surface area contributed by atoms with Gasteiger partial charge in [0.05, 0.1) is 16.4 Å². The van der Waals surface area contributed by atoms with E-state index < -0.39 is 0 Å². The van der Waals surface area contributed by atoms with Gasteiger partial charge in [-0.05, 0) is 41.0 Å². The van der Waals surface area contributed by atoms with Gasteiger partial charge in [0.1, 0.15) is 5.76 Å². The largest absolute Gasteiger partial charge is 0.361 e. The third kappa shape index (κ3) is 5.06. The monoisotopic (exact) mass is 349 g/mol. The van der Waals surface area contributed by atoms with E-state index in [9.17, 15) is 0 Å². The van der Waals surface area contributed by atoms with Gasteiger partial charge in [-0.15, -0.1) is 11.3 Å². The second-order valence-electron chi connectivity index (χ2n) is 5.74. The van der Waals surface area contributed by atoms with Gasteiger partial charge in [-0.1, -0.05) is 5.16 Å². The van der Waals surface area contributed by atoms with Gasteiger partial charge < -0.3 is 15.2 Å². The molecule has 0 radical (unpaired) electrons. The molecule has 2 heterocycles. The van der Waals surface area contributed by atoms with Crippen LogP contribution in [-0.2, 0) is 12.8 Å². The summed E-state index contributed by atoms with van der Waals surface area (Å²) in [5.74, 6) is 1.74. The Morgan fingerprint density at radius 2 is 1.92 bits per heavy atom. The maximum absolute atomic E-state index is 5.20. The lowest BCUT2D eigenvalue weighted by Gasteiger charge is -2.11. The summed E-state index contributed by atoms with van der Waals surface area (Å²) in [6.07, 6.45) is 1.75. The van der Waals surface area contributed by atoms with Crippen molar-refractivity contribution in [3.05, 3.63) is 32.6 Å². The Hall–Kier alpha value is -1.89. The van der Waals surface area contributed by atoms with Crippen molar-refractivity contribution in [1.29, 1.82) is 0 Å². The van der Waals surface area contributed by atoms with Gasteiger partial charge in [0.25, 0.3) is 0 Å². The second-order valence-corrected chi connectivity index (χ2v) is 7.03. The Kier molecular flexibility index (Phi) is 6.78. The molecule has 0 aliphatic carbocycles. The van der Waals surface area contributed by atoms with Crippen LogP contribution < -0.4 is 10.6 Å². The van der Waals surface area contributed by atoms with Crippen LogP contribution in [0.1, 0.15) is 39.5 Å². The van der Waals surface area contributed by atoms with E-state index >= 15 is 0 Å². The predicted octanol–water partition coefficient (Wildman–Crippen LogP) is 2.71. The van der Waals surface area contributed by atoms with E-state index in [1.54, 1.807) is 11.3 Å². The fraction of sp³-hybridized carbons (Fsp3) is 0.588. The molecule has 0 spiro atoms. The molecule has 2 aromatic heterocycles. The van der Waals surface area contributed by atoms with Crippen LogP contribution in [-0.4, -0.2) is 35.7 Å². The maximum Gasteiger partial charge on any atom is 0.191 e. The number of aryl methyl sites for hydroxylation is 4. The van der Waals surface area contributed by atoms with Crippen LogP contribution in [0.15, 0.2) is 9.52 Å². The standard InChI is InChI=1S/C17H27N5OS/c1-6-18-17(19-9-7-15-12(3)22-23-13(15)4)20-10-8-16-21-11(2)14(5)24-16/h6-10H2,1-5H3,(H2,18,19,20). The number of nitrogens with one attached hydrogen (secondary N) is 2. The van der Waals surface area contributed by atoms with Gasteiger partial charge in [0, 0.05) is 36.5 Å². The quantitative estimate of drug-likeness (QED) is 0.594. The van der Waals surface area contributed by atoms with E-state index in [0.717, 1.165) is 60.6 Å². The number of guanidine groups is 1. The molecule has 2 N–H and O–H groups in total. The van der Waals surface area contributed by atoms with Crippen molar-refractivity contribution in [3.8, 4) is 0 Å². The molecule has 0 fully saturated rings. The van der Waals surface area contributed by atoms with Gasteiger partial charge >= 0.3 is 0 Å². The van der Waals surface area contributed by atoms with Crippen LogP contribution in [0.5, 0.6) is 0 Å². The van der Waals surface area contributed by atoms with Crippen LogP contribution in [0.4, 0.5) is 0 Å². The summed E-state index contributed by atoms with van der Waals surface area (Å²) >= 11 is 1.76. The van der Waals surface area contributed by atoms with Crippen LogP contribution >= 0.6 is 11.3 Å². The molecule has 2 aromatic rings. The van der Waals surface area contributed by atoms with Crippen LogP contribution in [0.25, 0.3) is 0 Å². The number of aromatic nitrogens is 2. The normalized spacial score (nSPS) is 11.8. The van der Waals surface area contributed by atoms with E-state index in [2.05, 4.69) is 46.5 Å². The number of hydrogen-bond donors (Lipinski definition) is 2. The highest BCUT2D eigenvalue weighted by Gasteiger charge is 2.08. The highest BCUT2D eigenvalue weighted by molar-refractivity contribution is 7.11. The number of aliphatic imine (C=N–C) groups is 1. The molecule has 0 aliphatic heterocycles. The molecular weight excluding hydrogens is 322 g/mol. The highest BCUT2D eigenvalue weighted by Crippen LogP contribution is 2.16. The average molecular weight is 350 g/mol. The minimum Gasteiger partial charge on any atom is -0.361 e. The zero-order chi connectivity index (χ0) is 17.5. The number of thiazole rings is 1. The molecule has 0 atom stereocenters. The number of hydrogen-bond acceptors (Lipinski definition) is 5. The molecule has 0 amide bonds. The van der Waals surface area contributed by atoms with Crippen molar-refractivity contribution in [1.82, 2.24) is 20.8 Å². The molecule has 132 valence electrons. The zero-order valence-electron chi connectivity index (χ0n) is 15.2. The van der Waals surface area contributed by atoms with Crippen LogP contribution in [0, 0.1) is 27.7 Å². The summed E-state index contributed by atoms with van der Waals surface area (Å²) in [5, 5.41) is 11.8. The van der Waals surface area contributed by atoms with Crippen LogP contribution in [0.3, 0.4) is 0 Å². The van der Waals surface area contributed by atoms with Crippen molar-refractivity contribution < 1.29 is 4.52 Å². The Balaban J connectivity index is 1.84. The van der Waals surface area contributed by atoms with Gasteiger partial charge in [-0.3, -0.25) is 4.99 Å². The van der Waals surface area contributed by atoms with Crippen molar-refractivity contribution in [2.24, 2.45) is 4.99 Å². The SMILES string of the molecule is CCNC(=NCCc1nc(C)c(C)s1)NCCc1c(C)noc1C. The van der Waals surface area contributed by atoms with Gasteiger partial charge in [-0.25, -0.2) is 4.98 Å². The van der Waals surface area contributed by atoms with Gasteiger partial charge in [0.2, 0.25) is 0 Å². The first-order valence-corrected chi connectivity index (χ1v) is 9.19. The first-order chi connectivity index (χ1) is 11.5. The lowest BCUT2D eigenvalue weighted by Crippen LogP contribution is -2.38. The van der Waals surface area contributed by atoms with E-state index in [1.807, 2.05) is 13.8 Å². The third-order valence-electron chi connectivity index (χ3n) is 3.86. The molecule has 0 unspecified atom stereocenters. The fourth-order valence-electron chi connectivity index (χ4n) is 2.42. The predicted molar refractivity (Wildman–Crippen MR) is 99.0 cm³/mol. The molecule has 6 nitrogen and oxygen atoms in total. The van der Waals surface area contributed by atoms with Crippen molar-refractivity contribution in [3.63, 3.8) is 0 Å². The molecular formula is C17H27N5OS. The van der Waals surface area contributed by atoms with Crippen LogP contribution in [0.2, 0.25) is 0 Å². The van der Waals surface area contributed by atoms with E-state index in [4.69, 9.17) is 4.52 Å². The minimum absolute atomic E-state index is 0.729. The molecule has 0 aliphatic rings. The Morgan fingerprint density at radius 1 is 1.12 bits per heavy atom. The van der Waals surface area contributed by atoms with Gasteiger partial charge in [0.15, 0.2) is 5.96 Å². The second kappa shape index (κ2) is 8.82. The zero-order valence-corrected chi connectivity index (χ0v) is 16.0. The lowest BCUT2D eigenvalue weighted by molar-refractivity contribution is 0.392. The number of nitrogens with zero attached hydrogens (tertiary/aromatic N) is 3. The summed E-state index contributed by atoms with van der Waals surface area (Å²) in [4.78, 5) is 10.5. The van der Waals surface area contributed by atoms with E-state index in [-0.39, 0.29) is 0 Å². The molecule has 24 heavy (non-hydrogen) atoms. The lowest BCUT2D eigenvalue weighted by atomic mass is 10.1. The highest BCUT2D eigenvalue weighted by atomic mass is 32.1. The fourth-order valence-corrected chi connectivity index (χ4v) is 3.34. The summed E-state index contributed by atoms with van der Waals surface area (Å²) < 4.78 is 5.20. The molecule has 0 saturated heterocycles. The first kappa shape index (κ1) is 18.4. The summed E-state index contributed by atoms with van der Waals surface area (Å²) in [6, 6.07) is 0. The summed E-state index contributed by atoms with van der Waals surface area (Å²) in [7, 11) is 0. The third-order valence-corrected chi connectivity index (χ3v) is 4.99. The molecule has 2 rings (SSSR count). The van der Waals surface area contributed by atoms with Gasteiger partial charge in [-0.2, -0.15) is 0 Å². The van der Waals surface area contributed by atoms with Crippen molar-refractivity contribution >= 4 is 17.3 Å². The summed E-state index contributed by atoms with van der Waals surface area (Å²) in [6.45, 7) is 12.5. The smallest absolute Gasteiger partial charge is 0.191 e. The van der Waals surface area contributed by atoms with Crippen molar-refractivity contribution in [2.45, 2.75) is 47.5 Å². The molecule has 0 aromatic carbocycles. The summed E-state index contributed by atoms with van der Waals surface area (Å²) in [5.41, 5.74) is 3.27. The first-order valence-electron chi connectivity index (χ1n) is 8.38. The Bertz CT molecular complexity index is 650. The topological polar surface area (TPSA) is 75.3 Å². The molecule has 0 saturated carbocycles. The Morgan fingerprint density at radius 3 is 2.50 bits per heavy atom. The average Bonchev–Trinajstić information content (AvgIpc) is 3.03. The van der Waals surface area contributed by atoms with E-state index in [1.165, 1.54) is 10.4 Å².